The Morgan fingerprint density at radius 1 is 1.22 bits per heavy atom. The van der Waals surface area contributed by atoms with Gasteiger partial charge in [-0.3, -0.25) is 9.69 Å². The molecule has 2 heterocycles. The Labute approximate surface area is 107 Å². The Hall–Kier alpha value is -1.53. The largest absolute Gasteiger partial charge is 0.336 e. The van der Waals surface area contributed by atoms with Gasteiger partial charge in [0.05, 0.1) is 5.56 Å². The lowest BCUT2D eigenvalue weighted by atomic mass is 10.2. The first-order valence-corrected chi connectivity index (χ1v) is 6.28. The van der Waals surface area contributed by atoms with Crippen LogP contribution in [0.2, 0.25) is 0 Å². The molecule has 2 rings (SSSR count). The molecule has 6 heteroatoms. The molecule has 1 aliphatic rings. The second-order valence-electron chi connectivity index (χ2n) is 4.40. The molecule has 0 saturated carbocycles. The molecule has 0 bridgehead atoms. The number of amides is 1. The van der Waals surface area contributed by atoms with Gasteiger partial charge in [-0.25, -0.2) is 9.97 Å². The summed E-state index contributed by atoms with van der Waals surface area (Å²) in [5, 5.41) is 0. The summed E-state index contributed by atoms with van der Waals surface area (Å²) in [6, 6.07) is 0. The third kappa shape index (κ3) is 3.24. The lowest BCUT2D eigenvalue weighted by molar-refractivity contribution is 0.0636. The zero-order chi connectivity index (χ0) is 12.8. The van der Waals surface area contributed by atoms with Gasteiger partial charge in [0, 0.05) is 38.6 Å². The molecule has 6 nitrogen and oxygen atoms in total. The molecule has 1 fully saturated rings. The summed E-state index contributed by atoms with van der Waals surface area (Å²) in [7, 11) is 0. The van der Waals surface area contributed by atoms with Gasteiger partial charge >= 0.3 is 0 Å². The molecule has 98 valence electrons. The minimum absolute atomic E-state index is 0.0223. The Morgan fingerprint density at radius 2 is 1.89 bits per heavy atom. The molecule has 1 aromatic rings. The molecule has 0 aromatic carbocycles. The minimum atomic E-state index is 0.0223. The fourth-order valence-electron chi connectivity index (χ4n) is 2.08. The Kier molecular flexibility index (Phi) is 4.60. The van der Waals surface area contributed by atoms with Crippen molar-refractivity contribution >= 4 is 5.91 Å². The number of hydrogen-bond donors (Lipinski definition) is 1. The maximum atomic E-state index is 12.1. The third-order valence-corrected chi connectivity index (χ3v) is 3.15. The molecule has 2 N–H and O–H groups in total. The predicted octanol–water partition coefficient (Wildman–Crippen LogP) is -0.417. The van der Waals surface area contributed by atoms with Crippen molar-refractivity contribution in [3.05, 3.63) is 24.3 Å². The zero-order valence-electron chi connectivity index (χ0n) is 10.5. The van der Waals surface area contributed by atoms with Gasteiger partial charge in [0.15, 0.2) is 0 Å². The van der Waals surface area contributed by atoms with E-state index in [1.165, 1.54) is 6.33 Å². The monoisotopic (exact) mass is 249 g/mol. The van der Waals surface area contributed by atoms with E-state index >= 15 is 0 Å². The SMILES string of the molecule is NCCCN1CCN(C(=O)c2cncnc2)CC1. The quantitative estimate of drug-likeness (QED) is 0.784. The topological polar surface area (TPSA) is 75.3 Å². The number of nitrogens with two attached hydrogens (primary N) is 1. The van der Waals surface area contributed by atoms with Crippen LogP contribution in [0.15, 0.2) is 18.7 Å². The number of carbonyl (C=O) groups is 1. The van der Waals surface area contributed by atoms with E-state index in [4.69, 9.17) is 5.73 Å². The molecule has 1 saturated heterocycles. The highest BCUT2D eigenvalue weighted by Gasteiger charge is 2.21. The first-order valence-electron chi connectivity index (χ1n) is 6.28. The van der Waals surface area contributed by atoms with E-state index in [-0.39, 0.29) is 5.91 Å². The van der Waals surface area contributed by atoms with Crippen LogP contribution in [0.25, 0.3) is 0 Å². The number of aromatic nitrogens is 2. The minimum Gasteiger partial charge on any atom is -0.336 e. The van der Waals surface area contributed by atoms with Crippen LogP contribution in [0.1, 0.15) is 16.8 Å². The van der Waals surface area contributed by atoms with Crippen LogP contribution in [0.5, 0.6) is 0 Å². The molecule has 0 atom stereocenters. The molecular weight excluding hydrogens is 230 g/mol. The highest BCUT2D eigenvalue weighted by Crippen LogP contribution is 2.07. The van der Waals surface area contributed by atoms with Crippen molar-refractivity contribution < 1.29 is 4.79 Å². The van der Waals surface area contributed by atoms with Crippen LogP contribution < -0.4 is 5.73 Å². The highest BCUT2D eigenvalue weighted by molar-refractivity contribution is 5.93. The molecule has 0 spiro atoms. The number of hydrogen-bond acceptors (Lipinski definition) is 5. The molecular formula is C12H19N5O. The van der Waals surface area contributed by atoms with Crippen LogP contribution in [0.3, 0.4) is 0 Å². The van der Waals surface area contributed by atoms with Crippen molar-refractivity contribution in [3.63, 3.8) is 0 Å². The lowest BCUT2D eigenvalue weighted by Crippen LogP contribution is -2.49. The third-order valence-electron chi connectivity index (χ3n) is 3.15. The molecule has 0 aliphatic carbocycles. The summed E-state index contributed by atoms with van der Waals surface area (Å²) in [6.45, 7) is 5.10. The molecule has 0 unspecified atom stereocenters. The molecule has 1 aliphatic heterocycles. The maximum Gasteiger partial charge on any atom is 0.257 e. The van der Waals surface area contributed by atoms with E-state index in [2.05, 4.69) is 14.9 Å². The smallest absolute Gasteiger partial charge is 0.257 e. The molecule has 0 radical (unpaired) electrons. The Morgan fingerprint density at radius 3 is 2.50 bits per heavy atom. The average Bonchev–Trinajstić information content (AvgIpc) is 2.46. The fourth-order valence-corrected chi connectivity index (χ4v) is 2.08. The fraction of sp³-hybridized carbons (Fsp3) is 0.583. The maximum absolute atomic E-state index is 12.1. The van der Waals surface area contributed by atoms with Gasteiger partial charge < -0.3 is 10.6 Å². The zero-order valence-corrected chi connectivity index (χ0v) is 10.5. The van der Waals surface area contributed by atoms with Gasteiger partial charge in [0.2, 0.25) is 0 Å². The van der Waals surface area contributed by atoms with Gasteiger partial charge in [-0.15, -0.1) is 0 Å². The molecule has 18 heavy (non-hydrogen) atoms. The summed E-state index contributed by atoms with van der Waals surface area (Å²) in [5.41, 5.74) is 6.06. The van der Waals surface area contributed by atoms with E-state index in [9.17, 15) is 4.79 Å². The van der Waals surface area contributed by atoms with Gasteiger partial charge in [0.25, 0.3) is 5.91 Å². The van der Waals surface area contributed by atoms with Crippen LogP contribution in [-0.4, -0.2) is 64.9 Å². The van der Waals surface area contributed by atoms with Crippen molar-refractivity contribution in [2.75, 3.05) is 39.3 Å². The predicted molar refractivity (Wildman–Crippen MR) is 68.0 cm³/mol. The van der Waals surface area contributed by atoms with Crippen LogP contribution >= 0.6 is 0 Å². The van der Waals surface area contributed by atoms with Crippen LogP contribution in [0.4, 0.5) is 0 Å². The molecule has 1 amide bonds. The second kappa shape index (κ2) is 6.42. The van der Waals surface area contributed by atoms with E-state index in [0.29, 0.717) is 5.56 Å². The van der Waals surface area contributed by atoms with Crippen molar-refractivity contribution in [1.29, 1.82) is 0 Å². The Balaban J connectivity index is 1.84. The van der Waals surface area contributed by atoms with Crippen molar-refractivity contribution in [2.45, 2.75) is 6.42 Å². The van der Waals surface area contributed by atoms with E-state index in [0.717, 1.165) is 45.7 Å². The summed E-state index contributed by atoms with van der Waals surface area (Å²) < 4.78 is 0. The number of nitrogens with zero attached hydrogens (tertiary/aromatic N) is 4. The van der Waals surface area contributed by atoms with Crippen LogP contribution in [0, 0.1) is 0 Å². The van der Waals surface area contributed by atoms with Gasteiger partial charge in [-0.2, -0.15) is 0 Å². The van der Waals surface area contributed by atoms with Gasteiger partial charge in [-0.05, 0) is 19.5 Å². The van der Waals surface area contributed by atoms with E-state index in [1.54, 1.807) is 12.4 Å². The standard InChI is InChI=1S/C12H19N5O/c13-2-1-3-16-4-6-17(7-5-16)12(18)11-8-14-10-15-9-11/h8-10H,1-7,13H2. The molecule has 1 aromatic heterocycles. The van der Waals surface area contributed by atoms with Crippen molar-refractivity contribution in [1.82, 2.24) is 19.8 Å². The number of rotatable bonds is 4. The summed E-state index contributed by atoms with van der Waals surface area (Å²) in [6.07, 6.45) is 5.58. The van der Waals surface area contributed by atoms with E-state index in [1.807, 2.05) is 4.90 Å². The first kappa shape index (κ1) is 12.9. The Bertz CT molecular complexity index is 375. The van der Waals surface area contributed by atoms with E-state index < -0.39 is 0 Å². The van der Waals surface area contributed by atoms with Gasteiger partial charge in [-0.1, -0.05) is 0 Å². The number of piperazine rings is 1. The highest BCUT2D eigenvalue weighted by atomic mass is 16.2. The number of carbonyl (C=O) groups excluding carboxylic acids is 1. The normalized spacial score (nSPS) is 16.8. The first-order chi connectivity index (χ1) is 8.81. The summed E-state index contributed by atoms with van der Waals surface area (Å²) in [5.74, 6) is 0.0223. The van der Waals surface area contributed by atoms with Crippen molar-refractivity contribution in [3.8, 4) is 0 Å². The van der Waals surface area contributed by atoms with Crippen molar-refractivity contribution in [2.24, 2.45) is 5.73 Å². The van der Waals surface area contributed by atoms with Gasteiger partial charge in [0.1, 0.15) is 6.33 Å². The average molecular weight is 249 g/mol. The second-order valence-corrected chi connectivity index (χ2v) is 4.40. The summed E-state index contributed by atoms with van der Waals surface area (Å²) >= 11 is 0. The lowest BCUT2D eigenvalue weighted by Gasteiger charge is -2.34. The summed E-state index contributed by atoms with van der Waals surface area (Å²) in [4.78, 5) is 24.1. The van der Waals surface area contributed by atoms with Crippen LogP contribution in [-0.2, 0) is 0 Å².